The van der Waals surface area contributed by atoms with Gasteiger partial charge >= 0.3 is 0 Å². The average molecular weight is 289 g/mol. The highest BCUT2D eigenvalue weighted by atomic mass is 16.5. The van der Waals surface area contributed by atoms with E-state index in [2.05, 4.69) is 29.2 Å². The van der Waals surface area contributed by atoms with Crippen LogP contribution in [0, 0.1) is 0 Å². The van der Waals surface area contributed by atoms with Crippen LogP contribution >= 0.6 is 0 Å². The van der Waals surface area contributed by atoms with Crippen molar-refractivity contribution < 1.29 is 9.53 Å². The van der Waals surface area contributed by atoms with E-state index in [1.54, 1.807) is 12.1 Å². The van der Waals surface area contributed by atoms with Crippen LogP contribution in [0.2, 0.25) is 0 Å². The van der Waals surface area contributed by atoms with Crippen molar-refractivity contribution in [1.82, 2.24) is 0 Å². The molecule has 0 spiro atoms. The highest BCUT2D eigenvalue weighted by Crippen LogP contribution is 2.34. The predicted molar refractivity (Wildman–Crippen MR) is 87.8 cm³/mol. The maximum Gasteiger partial charge on any atom is 0.298 e. The lowest BCUT2D eigenvalue weighted by Crippen LogP contribution is -2.09. The number of hydrogen-bond acceptors (Lipinski definition) is 3. The Bertz CT molecular complexity index is 685. The van der Waals surface area contributed by atoms with Crippen molar-refractivity contribution in [2.75, 3.05) is 4.90 Å². The van der Waals surface area contributed by atoms with Gasteiger partial charge in [0.25, 0.3) is 6.47 Å². The standard InChI is InChI=1S/C19H15NO2/c21-15-22-19-13-11-18(12-14-19)20(16-7-3-1-4-8-16)17-9-5-2-6-10-17/h1-15H. The Hall–Kier alpha value is -3.07. The molecule has 0 saturated carbocycles. The molecule has 3 aromatic rings. The summed E-state index contributed by atoms with van der Waals surface area (Å²) in [6, 6.07) is 27.7. The number of rotatable bonds is 5. The van der Waals surface area contributed by atoms with Gasteiger partial charge in [0, 0.05) is 17.1 Å². The highest BCUT2D eigenvalue weighted by molar-refractivity contribution is 5.76. The van der Waals surface area contributed by atoms with E-state index in [0.29, 0.717) is 12.2 Å². The van der Waals surface area contributed by atoms with Gasteiger partial charge in [-0.25, -0.2) is 0 Å². The second-order valence-electron chi connectivity index (χ2n) is 4.71. The van der Waals surface area contributed by atoms with E-state index in [0.717, 1.165) is 17.1 Å². The van der Waals surface area contributed by atoms with Crippen LogP contribution in [0.3, 0.4) is 0 Å². The number of carbonyl (C=O) groups excluding carboxylic acids is 1. The Morgan fingerprint density at radius 1 is 0.636 bits per heavy atom. The van der Waals surface area contributed by atoms with Gasteiger partial charge < -0.3 is 9.64 Å². The number of nitrogens with zero attached hydrogens (tertiary/aromatic N) is 1. The second kappa shape index (κ2) is 6.59. The van der Waals surface area contributed by atoms with Crippen molar-refractivity contribution in [3.05, 3.63) is 84.9 Å². The summed E-state index contributed by atoms with van der Waals surface area (Å²) in [7, 11) is 0. The van der Waals surface area contributed by atoms with Crippen LogP contribution in [0.25, 0.3) is 0 Å². The fourth-order valence-electron chi connectivity index (χ4n) is 2.33. The monoisotopic (exact) mass is 289 g/mol. The molecule has 0 bridgehead atoms. The van der Waals surface area contributed by atoms with E-state index >= 15 is 0 Å². The molecule has 0 aliphatic carbocycles. The molecule has 0 amide bonds. The molecule has 3 aromatic carbocycles. The fraction of sp³-hybridized carbons (Fsp3) is 0. The first kappa shape index (κ1) is 13.9. The number of anilines is 3. The molecule has 0 fully saturated rings. The summed E-state index contributed by atoms with van der Waals surface area (Å²) in [5.74, 6) is 0.528. The van der Waals surface area contributed by atoms with E-state index in [1.807, 2.05) is 48.5 Å². The third-order valence-electron chi connectivity index (χ3n) is 3.31. The molecule has 22 heavy (non-hydrogen) atoms. The maximum atomic E-state index is 10.4. The molecular formula is C19H15NO2. The van der Waals surface area contributed by atoms with Gasteiger partial charge in [-0.1, -0.05) is 36.4 Å². The third kappa shape index (κ3) is 2.99. The first-order valence-corrected chi connectivity index (χ1v) is 6.99. The summed E-state index contributed by atoms with van der Waals surface area (Å²) in [4.78, 5) is 12.5. The number of benzene rings is 3. The molecule has 0 radical (unpaired) electrons. The first-order valence-electron chi connectivity index (χ1n) is 6.99. The minimum absolute atomic E-state index is 0.432. The zero-order valence-electron chi connectivity index (χ0n) is 11.9. The molecule has 3 heteroatoms. The number of hydrogen-bond donors (Lipinski definition) is 0. The van der Waals surface area contributed by atoms with Crippen LogP contribution in [0.5, 0.6) is 5.75 Å². The van der Waals surface area contributed by atoms with E-state index in [-0.39, 0.29) is 0 Å². The smallest absolute Gasteiger partial charge is 0.298 e. The SMILES string of the molecule is O=COc1ccc(N(c2ccccc2)c2ccccc2)cc1. The van der Waals surface area contributed by atoms with Crippen molar-refractivity contribution in [3.8, 4) is 5.75 Å². The summed E-state index contributed by atoms with van der Waals surface area (Å²) in [5, 5.41) is 0. The first-order chi connectivity index (χ1) is 10.9. The molecule has 0 N–H and O–H groups in total. The largest absolute Gasteiger partial charge is 0.429 e. The summed E-state index contributed by atoms with van der Waals surface area (Å²) >= 11 is 0. The maximum absolute atomic E-state index is 10.4. The van der Waals surface area contributed by atoms with E-state index in [9.17, 15) is 4.79 Å². The number of ether oxygens (including phenoxy) is 1. The lowest BCUT2D eigenvalue weighted by molar-refractivity contribution is -0.120. The van der Waals surface area contributed by atoms with Crippen molar-refractivity contribution in [1.29, 1.82) is 0 Å². The molecule has 0 aliphatic rings. The zero-order chi connectivity index (χ0) is 15.2. The Morgan fingerprint density at radius 2 is 1.09 bits per heavy atom. The molecule has 0 aliphatic heterocycles. The third-order valence-corrected chi connectivity index (χ3v) is 3.31. The minimum Gasteiger partial charge on any atom is -0.429 e. The van der Waals surface area contributed by atoms with Crippen LogP contribution in [-0.2, 0) is 4.79 Å². The van der Waals surface area contributed by atoms with Crippen LogP contribution in [-0.4, -0.2) is 6.47 Å². The van der Waals surface area contributed by atoms with Gasteiger partial charge in [-0.3, -0.25) is 4.79 Å². The minimum atomic E-state index is 0.432. The topological polar surface area (TPSA) is 29.5 Å². The summed E-state index contributed by atoms with van der Waals surface area (Å²) in [6.07, 6.45) is 0. The lowest BCUT2D eigenvalue weighted by atomic mass is 10.2. The van der Waals surface area contributed by atoms with Gasteiger partial charge in [0.2, 0.25) is 0 Å². The molecule has 0 aromatic heterocycles. The number of carbonyl (C=O) groups is 1. The van der Waals surface area contributed by atoms with Gasteiger partial charge in [-0.05, 0) is 48.5 Å². The molecule has 108 valence electrons. The Labute approximate surface area is 129 Å². The summed E-state index contributed by atoms with van der Waals surface area (Å²) < 4.78 is 4.85. The van der Waals surface area contributed by atoms with Gasteiger partial charge in [0.1, 0.15) is 5.75 Å². The van der Waals surface area contributed by atoms with Crippen LogP contribution in [0.15, 0.2) is 84.9 Å². The Balaban J connectivity index is 2.04. The van der Waals surface area contributed by atoms with Gasteiger partial charge in [0.15, 0.2) is 0 Å². The molecular weight excluding hydrogens is 274 g/mol. The van der Waals surface area contributed by atoms with Gasteiger partial charge in [0.05, 0.1) is 0 Å². The lowest BCUT2D eigenvalue weighted by Gasteiger charge is -2.25. The van der Waals surface area contributed by atoms with Gasteiger partial charge in [-0.15, -0.1) is 0 Å². The average Bonchev–Trinajstić information content (AvgIpc) is 2.59. The van der Waals surface area contributed by atoms with Crippen molar-refractivity contribution in [2.24, 2.45) is 0 Å². The molecule has 0 heterocycles. The second-order valence-corrected chi connectivity index (χ2v) is 4.71. The normalized spacial score (nSPS) is 10.0. The van der Waals surface area contributed by atoms with Crippen LogP contribution in [0.4, 0.5) is 17.1 Å². The fourth-order valence-corrected chi connectivity index (χ4v) is 2.33. The molecule has 3 nitrogen and oxygen atoms in total. The van der Waals surface area contributed by atoms with Gasteiger partial charge in [-0.2, -0.15) is 0 Å². The van der Waals surface area contributed by atoms with Crippen LogP contribution < -0.4 is 9.64 Å². The van der Waals surface area contributed by atoms with E-state index in [1.165, 1.54) is 0 Å². The number of para-hydroxylation sites is 2. The molecule has 3 rings (SSSR count). The summed E-state index contributed by atoms with van der Waals surface area (Å²) in [5.41, 5.74) is 3.13. The van der Waals surface area contributed by atoms with Crippen molar-refractivity contribution in [2.45, 2.75) is 0 Å². The molecule has 0 atom stereocenters. The molecule has 0 saturated heterocycles. The summed E-state index contributed by atoms with van der Waals surface area (Å²) in [6.45, 7) is 0.432. The highest BCUT2D eigenvalue weighted by Gasteiger charge is 2.11. The molecule has 0 unspecified atom stereocenters. The quantitative estimate of drug-likeness (QED) is 0.638. The Morgan fingerprint density at radius 3 is 1.55 bits per heavy atom. The van der Waals surface area contributed by atoms with Crippen molar-refractivity contribution in [3.63, 3.8) is 0 Å². The van der Waals surface area contributed by atoms with E-state index in [4.69, 9.17) is 4.74 Å². The van der Waals surface area contributed by atoms with Crippen LogP contribution in [0.1, 0.15) is 0 Å². The predicted octanol–water partition coefficient (Wildman–Crippen LogP) is 4.69. The Kier molecular flexibility index (Phi) is 4.16. The van der Waals surface area contributed by atoms with Crippen molar-refractivity contribution >= 4 is 23.5 Å². The van der Waals surface area contributed by atoms with E-state index < -0.39 is 0 Å². The zero-order valence-corrected chi connectivity index (χ0v) is 11.9.